The van der Waals surface area contributed by atoms with Gasteiger partial charge in [-0.25, -0.2) is 18.0 Å². The zero-order chi connectivity index (χ0) is 18.6. The number of hydrogen-bond donors (Lipinski definition) is 1. The van der Waals surface area contributed by atoms with Crippen molar-refractivity contribution in [2.45, 2.75) is 13.0 Å². The van der Waals surface area contributed by atoms with Gasteiger partial charge in [0.25, 0.3) is 5.91 Å². The lowest BCUT2D eigenvalue weighted by atomic mass is 10.1. The maximum atomic E-state index is 13.6. The van der Waals surface area contributed by atoms with Crippen LogP contribution in [0.25, 0.3) is 0 Å². The fourth-order valence-electron chi connectivity index (χ4n) is 2.08. The van der Waals surface area contributed by atoms with Gasteiger partial charge in [-0.1, -0.05) is 17.7 Å². The number of benzene rings is 2. The molecule has 1 amide bonds. The summed E-state index contributed by atoms with van der Waals surface area (Å²) in [5.41, 5.74) is -0.00357. The van der Waals surface area contributed by atoms with Crippen LogP contribution in [-0.2, 0) is 9.53 Å². The molecule has 0 aliphatic rings. The third-order valence-corrected chi connectivity index (χ3v) is 3.60. The molecule has 0 spiro atoms. The van der Waals surface area contributed by atoms with E-state index in [1.54, 1.807) is 0 Å². The molecule has 25 heavy (non-hydrogen) atoms. The van der Waals surface area contributed by atoms with Crippen molar-refractivity contribution in [1.82, 2.24) is 5.32 Å². The Labute approximate surface area is 146 Å². The molecule has 1 N–H and O–H groups in total. The van der Waals surface area contributed by atoms with Crippen LogP contribution in [0.3, 0.4) is 0 Å². The molecule has 1 atom stereocenters. The van der Waals surface area contributed by atoms with Gasteiger partial charge in [-0.15, -0.1) is 0 Å². The topological polar surface area (TPSA) is 55.4 Å². The molecule has 132 valence electrons. The van der Waals surface area contributed by atoms with Crippen LogP contribution in [0.15, 0.2) is 36.4 Å². The number of amides is 1. The van der Waals surface area contributed by atoms with E-state index in [4.69, 9.17) is 16.3 Å². The van der Waals surface area contributed by atoms with E-state index in [0.29, 0.717) is 6.07 Å². The number of nitrogens with one attached hydrogen (secondary N) is 1. The summed E-state index contributed by atoms with van der Waals surface area (Å²) in [6, 6.07) is 5.32. The van der Waals surface area contributed by atoms with Gasteiger partial charge in [0.1, 0.15) is 17.5 Å². The minimum Gasteiger partial charge on any atom is -0.452 e. The van der Waals surface area contributed by atoms with Crippen LogP contribution >= 0.6 is 11.6 Å². The highest BCUT2D eigenvalue weighted by Gasteiger charge is 2.17. The number of carbonyl (C=O) groups is 2. The predicted octanol–water partition coefficient (Wildman–Crippen LogP) is 3.79. The van der Waals surface area contributed by atoms with Crippen molar-refractivity contribution in [2.75, 3.05) is 6.61 Å². The number of esters is 1. The highest BCUT2D eigenvalue weighted by Crippen LogP contribution is 2.19. The summed E-state index contributed by atoms with van der Waals surface area (Å²) in [5, 5.41) is 2.27. The maximum absolute atomic E-state index is 13.6. The SMILES string of the molecule is C[C@@H](NC(=O)COC(=O)c1ccc(F)cc1Cl)c1ccc(F)cc1F. The molecule has 2 aromatic rings. The summed E-state index contributed by atoms with van der Waals surface area (Å²) in [5.74, 6) is -3.74. The summed E-state index contributed by atoms with van der Waals surface area (Å²) in [7, 11) is 0. The monoisotopic (exact) mass is 371 g/mol. The Hall–Kier alpha value is -2.54. The largest absolute Gasteiger partial charge is 0.452 e. The lowest BCUT2D eigenvalue weighted by Gasteiger charge is -2.15. The van der Waals surface area contributed by atoms with Crippen LogP contribution in [0, 0.1) is 17.5 Å². The summed E-state index contributed by atoms with van der Waals surface area (Å²) in [4.78, 5) is 23.6. The van der Waals surface area contributed by atoms with E-state index >= 15 is 0 Å². The van der Waals surface area contributed by atoms with Gasteiger partial charge in [0.15, 0.2) is 6.61 Å². The van der Waals surface area contributed by atoms with Gasteiger partial charge in [-0.3, -0.25) is 4.79 Å². The Bertz CT molecular complexity index is 814. The Balaban J connectivity index is 1.92. The Morgan fingerprint density at radius 3 is 2.40 bits per heavy atom. The van der Waals surface area contributed by atoms with Gasteiger partial charge in [-0.05, 0) is 31.2 Å². The zero-order valence-electron chi connectivity index (χ0n) is 13.0. The van der Waals surface area contributed by atoms with Gasteiger partial charge < -0.3 is 10.1 Å². The van der Waals surface area contributed by atoms with Gasteiger partial charge in [0, 0.05) is 11.6 Å². The van der Waals surface area contributed by atoms with Crippen LogP contribution in [0.2, 0.25) is 5.02 Å². The molecule has 0 aliphatic heterocycles. The molecule has 8 heteroatoms. The van der Waals surface area contributed by atoms with E-state index in [9.17, 15) is 22.8 Å². The van der Waals surface area contributed by atoms with Crippen molar-refractivity contribution in [3.8, 4) is 0 Å². The lowest BCUT2D eigenvalue weighted by molar-refractivity contribution is -0.124. The van der Waals surface area contributed by atoms with Gasteiger partial charge in [0.2, 0.25) is 0 Å². The highest BCUT2D eigenvalue weighted by molar-refractivity contribution is 6.33. The van der Waals surface area contributed by atoms with Gasteiger partial charge in [-0.2, -0.15) is 0 Å². The summed E-state index contributed by atoms with van der Waals surface area (Å²) < 4.78 is 44.2. The molecular weight excluding hydrogens is 359 g/mol. The molecule has 0 bridgehead atoms. The van der Waals surface area contributed by atoms with Crippen molar-refractivity contribution in [3.63, 3.8) is 0 Å². The lowest BCUT2D eigenvalue weighted by Crippen LogP contribution is -2.31. The number of hydrogen-bond acceptors (Lipinski definition) is 3. The summed E-state index contributed by atoms with van der Waals surface area (Å²) >= 11 is 5.72. The van der Waals surface area contributed by atoms with E-state index in [-0.39, 0.29) is 16.1 Å². The number of ether oxygens (including phenoxy) is 1. The van der Waals surface area contributed by atoms with Crippen molar-refractivity contribution in [3.05, 3.63) is 70.0 Å². The van der Waals surface area contributed by atoms with E-state index in [1.807, 2.05) is 0 Å². The zero-order valence-corrected chi connectivity index (χ0v) is 13.7. The summed E-state index contributed by atoms with van der Waals surface area (Å²) in [6.45, 7) is 0.854. The first kappa shape index (κ1) is 18.8. The standard InChI is InChI=1S/C17H13ClF3NO3/c1-9(12-4-2-11(20)7-15(12)21)22-16(23)8-25-17(24)13-5-3-10(19)6-14(13)18/h2-7,9H,8H2,1H3,(H,22,23)/t9-/m1/s1. The first-order valence-corrected chi connectivity index (χ1v) is 7.52. The van der Waals surface area contributed by atoms with Crippen molar-refractivity contribution < 1.29 is 27.5 Å². The quantitative estimate of drug-likeness (QED) is 0.813. The smallest absolute Gasteiger partial charge is 0.340 e. The number of carbonyl (C=O) groups excluding carboxylic acids is 2. The maximum Gasteiger partial charge on any atom is 0.340 e. The van der Waals surface area contributed by atoms with Crippen LogP contribution in [-0.4, -0.2) is 18.5 Å². The molecule has 2 rings (SSSR count). The van der Waals surface area contributed by atoms with E-state index in [0.717, 1.165) is 24.3 Å². The van der Waals surface area contributed by atoms with Crippen LogP contribution < -0.4 is 5.32 Å². The molecule has 0 saturated heterocycles. The molecular formula is C17H13ClF3NO3. The predicted molar refractivity (Wildman–Crippen MR) is 84.6 cm³/mol. The fraction of sp³-hybridized carbons (Fsp3) is 0.176. The number of halogens is 4. The van der Waals surface area contributed by atoms with Gasteiger partial charge in [0.05, 0.1) is 16.6 Å². The molecule has 0 aromatic heterocycles. The van der Waals surface area contributed by atoms with E-state index in [2.05, 4.69) is 5.32 Å². The fourth-order valence-corrected chi connectivity index (χ4v) is 2.32. The highest BCUT2D eigenvalue weighted by atomic mass is 35.5. The van der Waals surface area contributed by atoms with Gasteiger partial charge >= 0.3 is 5.97 Å². The van der Waals surface area contributed by atoms with Crippen molar-refractivity contribution in [1.29, 1.82) is 0 Å². The van der Waals surface area contributed by atoms with E-state index < -0.39 is 42.0 Å². The third kappa shape index (κ3) is 4.96. The molecule has 0 unspecified atom stereocenters. The third-order valence-electron chi connectivity index (χ3n) is 3.29. The van der Waals surface area contributed by atoms with Crippen LogP contribution in [0.4, 0.5) is 13.2 Å². The first-order chi connectivity index (χ1) is 11.8. The normalized spacial score (nSPS) is 11.7. The van der Waals surface area contributed by atoms with E-state index in [1.165, 1.54) is 13.0 Å². The molecule has 2 aromatic carbocycles. The molecule has 0 radical (unpaired) electrons. The number of rotatable bonds is 5. The summed E-state index contributed by atoms with van der Waals surface area (Å²) in [6.07, 6.45) is 0. The van der Waals surface area contributed by atoms with Crippen LogP contribution in [0.1, 0.15) is 28.9 Å². The average molecular weight is 372 g/mol. The Morgan fingerprint density at radius 2 is 1.76 bits per heavy atom. The minimum absolute atomic E-state index is 0.0858. The second-order valence-electron chi connectivity index (χ2n) is 5.16. The average Bonchev–Trinajstić information content (AvgIpc) is 2.52. The molecule has 0 heterocycles. The Morgan fingerprint density at radius 1 is 1.12 bits per heavy atom. The minimum atomic E-state index is -0.902. The Kier molecular flexibility index (Phi) is 6.03. The van der Waals surface area contributed by atoms with Crippen LogP contribution in [0.5, 0.6) is 0 Å². The van der Waals surface area contributed by atoms with Crippen molar-refractivity contribution in [2.24, 2.45) is 0 Å². The second-order valence-corrected chi connectivity index (χ2v) is 5.56. The van der Waals surface area contributed by atoms with Crippen molar-refractivity contribution >= 4 is 23.5 Å². The molecule has 4 nitrogen and oxygen atoms in total. The molecule has 0 aliphatic carbocycles. The molecule has 0 saturated carbocycles. The second kappa shape index (κ2) is 8.02. The first-order valence-electron chi connectivity index (χ1n) is 7.14. The molecule has 0 fully saturated rings.